The highest BCUT2D eigenvalue weighted by Crippen LogP contribution is 2.45. The number of phosphoric ester groups is 2. The molecule has 0 fully saturated rings. The number of hydrogen-bond donors (Lipinski definition) is 3. The molecule has 6 atom stereocenters. The largest absolute Gasteiger partial charge is 0.472 e. The van der Waals surface area contributed by atoms with Crippen molar-refractivity contribution in [3.63, 3.8) is 0 Å². The summed E-state index contributed by atoms with van der Waals surface area (Å²) in [5.41, 5.74) is 0. The second-order valence-corrected chi connectivity index (χ2v) is 34.8. The summed E-state index contributed by atoms with van der Waals surface area (Å²) in [6, 6.07) is 0. The van der Waals surface area contributed by atoms with Gasteiger partial charge in [0.2, 0.25) is 0 Å². The number of esters is 4. The number of carbonyl (C=O) groups is 4. The highest BCUT2D eigenvalue weighted by molar-refractivity contribution is 7.47. The molecule has 0 aromatic rings. The predicted molar refractivity (Wildman–Crippen MR) is 442 cm³/mol. The summed E-state index contributed by atoms with van der Waals surface area (Å²) in [7, 11) is -9.92. The van der Waals surface area contributed by atoms with E-state index in [1.165, 1.54) is 302 Å². The van der Waals surface area contributed by atoms with E-state index in [2.05, 4.69) is 34.6 Å². The normalized spacial score (nSPS) is 14.0. The molecule has 0 aliphatic heterocycles. The van der Waals surface area contributed by atoms with Gasteiger partial charge in [-0.05, 0) is 31.6 Å². The van der Waals surface area contributed by atoms with Crippen molar-refractivity contribution in [2.45, 2.75) is 496 Å². The van der Waals surface area contributed by atoms with Crippen LogP contribution in [0.15, 0.2) is 0 Å². The van der Waals surface area contributed by atoms with Crippen LogP contribution in [0, 0.1) is 5.92 Å². The van der Waals surface area contributed by atoms with Crippen LogP contribution < -0.4 is 0 Å². The minimum atomic E-state index is -4.97. The number of carbonyl (C=O) groups excluding carboxylic acids is 4. The maximum Gasteiger partial charge on any atom is 0.472 e. The topological polar surface area (TPSA) is 237 Å². The van der Waals surface area contributed by atoms with Gasteiger partial charge < -0.3 is 33.8 Å². The quantitative estimate of drug-likeness (QED) is 0.0222. The predicted octanol–water partition coefficient (Wildman–Crippen LogP) is 27.2. The Kier molecular flexibility index (Phi) is 79.2. The van der Waals surface area contributed by atoms with Gasteiger partial charge in [0.25, 0.3) is 0 Å². The van der Waals surface area contributed by atoms with E-state index in [1.807, 2.05) is 0 Å². The summed E-state index contributed by atoms with van der Waals surface area (Å²) in [5, 5.41) is 10.7. The van der Waals surface area contributed by atoms with Crippen molar-refractivity contribution >= 4 is 39.5 Å². The first kappa shape index (κ1) is 105. The lowest BCUT2D eigenvalue weighted by Gasteiger charge is -2.21. The summed E-state index contributed by atoms with van der Waals surface area (Å²) < 4.78 is 68.9. The Labute approximate surface area is 658 Å². The molecule has 0 aliphatic rings. The van der Waals surface area contributed by atoms with E-state index in [9.17, 15) is 43.2 Å². The van der Waals surface area contributed by atoms with Crippen molar-refractivity contribution in [3.8, 4) is 0 Å². The van der Waals surface area contributed by atoms with Crippen LogP contribution in [0.25, 0.3) is 0 Å². The molecular weight excluding hydrogens is 1390 g/mol. The van der Waals surface area contributed by atoms with E-state index in [0.29, 0.717) is 25.7 Å². The van der Waals surface area contributed by atoms with E-state index < -0.39 is 97.5 Å². The molecule has 107 heavy (non-hydrogen) atoms. The van der Waals surface area contributed by atoms with Gasteiger partial charge in [-0.15, -0.1) is 0 Å². The SMILES string of the molecule is CCCCCCCCCCCCCCCCCCCCCCCC(=O)OC[C@H](COP(=O)(O)OC[C@@H](O)COP(=O)(O)OC[C@@H](COC(=O)CCCCCCCCCC)OC(=O)CCCCCCCCCCCCCCCCCC)OC(=O)CCCCCCCCCCCCCCCCCCCCC(C)CC. The van der Waals surface area contributed by atoms with E-state index in [1.54, 1.807) is 0 Å². The van der Waals surface area contributed by atoms with E-state index >= 15 is 0 Å². The van der Waals surface area contributed by atoms with Gasteiger partial charge in [0.05, 0.1) is 26.4 Å². The molecule has 19 heteroatoms. The third-order valence-electron chi connectivity index (χ3n) is 21.1. The lowest BCUT2D eigenvalue weighted by molar-refractivity contribution is -0.161. The van der Waals surface area contributed by atoms with Gasteiger partial charge in [-0.25, -0.2) is 9.13 Å². The lowest BCUT2D eigenvalue weighted by atomic mass is 9.99. The maximum absolute atomic E-state index is 13.2. The van der Waals surface area contributed by atoms with Crippen molar-refractivity contribution in [3.05, 3.63) is 0 Å². The summed E-state index contributed by atoms with van der Waals surface area (Å²) in [5.74, 6) is -1.23. The third-order valence-corrected chi connectivity index (χ3v) is 23.0. The number of rotatable bonds is 88. The Morgan fingerprint density at radius 3 is 0.664 bits per heavy atom. The van der Waals surface area contributed by atoms with Gasteiger partial charge in [0.15, 0.2) is 12.2 Å². The van der Waals surface area contributed by atoms with Crippen LogP contribution in [0.3, 0.4) is 0 Å². The standard InChI is InChI=1S/C88H172O17P2/c1-6-10-13-16-19-22-24-26-28-30-31-32-33-37-41-44-48-52-57-62-67-72-86(91)99-78-84(105-88(93)74-69-64-59-54-50-46-42-38-35-34-36-39-43-47-51-55-60-65-70-81(5)9-4)80-103-107(96,97)101-76-82(89)75-100-106(94,95)102-79-83(77-98-85(90)71-66-61-56-21-18-15-12-8-3)104-87(92)73-68-63-58-53-49-45-40-29-27-25-23-20-17-14-11-7-2/h81-84,89H,6-80H2,1-5H3,(H,94,95)(H,96,97)/t81?,82-,83+,84+/m0/s1. The second kappa shape index (κ2) is 80.7. The highest BCUT2D eigenvalue weighted by atomic mass is 31.2. The summed E-state index contributed by atoms with van der Waals surface area (Å²) in [6.07, 6.45) is 75.2. The third kappa shape index (κ3) is 80.5. The Bertz CT molecular complexity index is 2030. The average Bonchev–Trinajstić information content (AvgIpc) is 0.903. The molecule has 0 aliphatic carbocycles. The number of unbranched alkanes of at least 4 members (excludes halogenated alkanes) is 59. The zero-order chi connectivity index (χ0) is 78.3. The molecule has 0 spiro atoms. The molecule has 0 saturated carbocycles. The summed E-state index contributed by atoms with van der Waals surface area (Å²) in [4.78, 5) is 73.2. The second-order valence-electron chi connectivity index (χ2n) is 31.9. The van der Waals surface area contributed by atoms with Crippen molar-refractivity contribution in [2.75, 3.05) is 39.6 Å². The zero-order valence-electron chi connectivity index (χ0n) is 70.3. The molecule has 0 saturated heterocycles. The molecule has 0 amide bonds. The number of aliphatic hydroxyl groups excluding tert-OH is 1. The van der Waals surface area contributed by atoms with Crippen LogP contribution in [0.4, 0.5) is 0 Å². The molecule has 0 bridgehead atoms. The zero-order valence-corrected chi connectivity index (χ0v) is 72.1. The van der Waals surface area contributed by atoms with Gasteiger partial charge in [-0.3, -0.25) is 37.3 Å². The van der Waals surface area contributed by atoms with Crippen molar-refractivity contribution < 1.29 is 80.2 Å². The first-order chi connectivity index (χ1) is 52.1. The molecule has 3 unspecified atom stereocenters. The minimum Gasteiger partial charge on any atom is -0.462 e. The fourth-order valence-corrected chi connectivity index (χ4v) is 15.4. The number of aliphatic hydroxyl groups is 1. The molecule has 0 heterocycles. The van der Waals surface area contributed by atoms with Crippen molar-refractivity contribution in [1.82, 2.24) is 0 Å². The smallest absolute Gasteiger partial charge is 0.462 e. The molecule has 0 aromatic heterocycles. The van der Waals surface area contributed by atoms with Crippen molar-refractivity contribution in [2.24, 2.45) is 5.92 Å². The van der Waals surface area contributed by atoms with Crippen LogP contribution in [-0.4, -0.2) is 96.7 Å². The average molecular weight is 1560 g/mol. The molecule has 3 N–H and O–H groups in total. The van der Waals surface area contributed by atoms with E-state index in [4.69, 9.17) is 37.0 Å². The minimum absolute atomic E-state index is 0.109. The van der Waals surface area contributed by atoms with Crippen LogP contribution in [-0.2, 0) is 65.4 Å². The monoisotopic (exact) mass is 1560 g/mol. The molecule has 17 nitrogen and oxygen atoms in total. The van der Waals surface area contributed by atoms with Crippen LogP contribution in [0.1, 0.15) is 478 Å². The van der Waals surface area contributed by atoms with Crippen LogP contribution >= 0.6 is 15.6 Å². The van der Waals surface area contributed by atoms with Gasteiger partial charge in [-0.2, -0.15) is 0 Å². The number of ether oxygens (including phenoxy) is 4. The van der Waals surface area contributed by atoms with Gasteiger partial charge in [0, 0.05) is 25.7 Å². The Morgan fingerprint density at radius 1 is 0.262 bits per heavy atom. The molecule has 0 rings (SSSR count). The van der Waals surface area contributed by atoms with Crippen LogP contribution in [0.2, 0.25) is 0 Å². The Balaban J connectivity index is 5.17. The maximum atomic E-state index is 13.2. The van der Waals surface area contributed by atoms with Crippen molar-refractivity contribution in [1.29, 1.82) is 0 Å². The van der Waals surface area contributed by atoms with Gasteiger partial charge >= 0.3 is 39.5 Å². The fraction of sp³-hybridized carbons (Fsp3) is 0.955. The lowest BCUT2D eigenvalue weighted by Crippen LogP contribution is -2.30. The number of phosphoric acid groups is 2. The molecule has 636 valence electrons. The Morgan fingerprint density at radius 2 is 0.449 bits per heavy atom. The van der Waals surface area contributed by atoms with Crippen LogP contribution in [0.5, 0.6) is 0 Å². The van der Waals surface area contributed by atoms with E-state index in [0.717, 1.165) is 95.8 Å². The molecular formula is C88H172O17P2. The summed E-state index contributed by atoms with van der Waals surface area (Å²) in [6.45, 7) is 7.41. The molecule has 0 aromatic carbocycles. The first-order valence-corrected chi connectivity index (χ1v) is 48.7. The fourth-order valence-electron chi connectivity index (χ4n) is 13.8. The van der Waals surface area contributed by atoms with E-state index in [-0.39, 0.29) is 25.7 Å². The first-order valence-electron chi connectivity index (χ1n) is 45.7. The summed E-state index contributed by atoms with van der Waals surface area (Å²) >= 11 is 0. The van der Waals surface area contributed by atoms with Gasteiger partial charge in [-0.1, -0.05) is 426 Å². The highest BCUT2D eigenvalue weighted by Gasteiger charge is 2.30. The molecule has 0 radical (unpaired) electrons. The Hall–Kier alpha value is -1.94. The number of hydrogen-bond acceptors (Lipinski definition) is 15. The van der Waals surface area contributed by atoms with Gasteiger partial charge in [0.1, 0.15) is 19.3 Å².